The topological polar surface area (TPSA) is 86.7 Å². The van der Waals surface area contributed by atoms with Gasteiger partial charge in [-0.2, -0.15) is 25.8 Å². The van der Waals surface area contributed by atoms with Gasteiger partial charge < -0.3 is 9.90 Å². The summed E-state index contributed by atoms with van der Waals surface area (Å²) in [6, 6.07) is 3.87. The number of carbonyl (C=O) groups excluding carboxylic acids is 1. The van der Waals surface area contributed by atoms with E-state index in [0.717, 1.165) is 9.87 Å². The Morgan fingerprint density at radius 1 is 1.58 bits per heavy atom. The molecule has 1 aliphatic rings. The summed E-state index contributed by atoms with van der Waals surface area (Å²) in [6.07, 6.45) is 0.527. The molecule has 1 aromatic carbocycles. The lowest BCUT2D eigenvalue weighted by Crippen LogP contribution is -2.30. The van der Waals surface area contributed by atoms with Crippen molar-refractivity contribution in [1.29, 1.82) is 0 Å². The second-order valence-corrected chi connectivity index (χ2v) is 6.72. The molecule has 0 bridgehead atoms. The van der Waals surface area contributed by atoms with E-state index < -0.39 is 16.3 Å². The predicted octanol–water partition coefficient (Wildman–Crippen LogP) is 0.605. The van der Waals surface area contributed by atoms with Crippen molar-refractivity contribution in [3.05, 3.63) is 23.8 Å². The Hall–Kier alpha value is -1.25. The van der Waals surface area contributed by atoms with Crippen LogP contribution in [0.3, 0.4) is 0 Å². The number of nitrogens with zero attached hydrogens (tertiary/aromatic N) is 1. The SMILES string of the molecule is CC(S)c1ccc(N2CC(C=O)NS2(=O)=O)c(O)c1. The largest absolute Gasteiger partial charge is 0.506 e. The third-order valence-corrected chi connectivity index (χ3v) is 4.69. The average Bonchev–Trinajstić information content (AvgIpc) is 2.64. The molecule has 19 heavy (non-hydrogen) atoms. The van der Waals surface area contributed by atoms with Gasteiger partial charge in [-0.3, -0.25) is 4.31 Å². The van der Waals surface area contributed by atoms with Crippen LogP contribution in [0.15, 0.2) is 18.2 Å². The first-order valence-electron chi connectivity index (χ1n) is 5.61. The minimum absolute atomic E-state index is 0.0326. The molecule has 0 radical (unpaired) electrons. The zero-order valence-corrected chi connectivity index (χ0v) is 11.9. The fraction of sp³-hybridized carbons (Fsp3) is 0.364. The molecule has 8 heteroatoms. The molecule has 1 fully saturated rings. The Kier molecular flexibility index (Phi) is 3.75. The highest BCUT2D eigenvalue weighted by atomic mass is 32.2. The molecule has 2 rings (SSSR count). The molecule has 1 aromatic rings. The minimum atomic E-state index is -3.78. The standard InChI is InChI=1S/C11H14N2O4S2/c1-7(18)8-2-3-10(11(15)4-8)13-5-9(6-14)12-19(13,16)17/h2-4,6-7,9,12,15,18H,5H2,1H3. The minimum Gasteiger partial charge on any atom is -0.506 e. The zero-order chi connectivity index (χ0) is 14.2. The van der Waals surface area contributed by atoms with Crippen LogP contribution in [0.1, 0.15) is 17.7 Å². The fourth-order valence-corrected chi connectivity index (χ4v) is 3.45. The maximum absolute atomic E-state index is 11.8. The number of benzene rings is 1. The monoisotopic (exact) mass is 302 g/mol. The van der Waals surface area contributed by atoms with Gasteiger partial charge in [0.25, 0.3) is 0 Å². The lowest BCUT2D eigenvalue weighted by Gasteiger charge is -2.18. The maximum Gasteiger partial charge on any atom is 0.302 e. The van der Waals surface area contributed by atoms with E-state index in [1.165, 1.54) is 12.1 Å². The van der Waals surface area contributed by atoms with Crippen molar-refractivity contribution in [2.45, 2.75) is 18.2 Å². The van der Waals surface area contributed by atoms with Crippen LogP contribution < -0.4 is 9.03 Å². The second kappa shape index (κ2) is 5.03. The van der Waals surface area contributed by atoms with Gasteiger partial charge in [0, 0.05) is 5.25 Å². The van der Waals surface area contributed by atoms with Crippen molar-refractivity contribution in [3.8, 4) is 5.75 Å². The van der Waals surface area contributed by atoms with Crippen LogP contribution in [0.25, 0.3) is 0 Å². The number of rotatable bonds is 3. The summed E-state index contributed by atoms with van der Waals surface area (Å²) < 4.78 is 26.8. The smallest absolute Gasteiger partial charge is 0.302 e. The molecular weight excluding hydrogens is 288 g/mol. The molecule has 2 atom stereocenters. The van der Waals surface area contributed by atoms with E-state index in [1.54, 1.807) is 6.07 Å². The summed E-state index contributed by atoms with van der Waals surface area (Å²) in [7, 11) is -3.78. The van der Waals surface area contributed by atoms with Gasteiger partial charge in [-0.1, -0.05) is 6.07 Å². The lowest BCUT2D eigenvalue weighted by molar-refractivity contribution is -0.108. The molecule has 6 nitrogen and oxygen atoms in total. The van der Waals surface area contributed by atoms with Crippen molar-refractivity contribution in [2.24, 2.45) is 0 Å². The number of carbonyl (C=O) groups is 1. The summed E-state index contributed by atoms with van der Waals surface area (Å²) >= 11 is 4.24. The molecule has 0 aromatic heterocycles. The average molecular weight is 302 g/mol. The van der Waals surface area contributed by atoms with Crippen LogP contribution in [-0.4, -0.2) is 32.4 Å². The molecule has 0 saturated carbocycles. The number of hydrogen-bond donors (Lipinski definition) is 3. The molecule has 1 saturated heterocycles. The maximum atomic E-state index is 11.8. The summed E-state index contributed by atoms with van der Waals surface area (Å²) in [5, 5.41) is 9.86. The van der Waals surface area contributed by atoms with E-state index in [9.17, 15) is 18.3 Å². The van der Waals surface area contributed by atoms with Crippen LogP contribution in [0.5, 0.6) is 5.75 Å². The first-order valence-corrected chi connectivity index (χ1v) is 7.57. The van der Waals surface area contributed by atoms with E-state index in [2.05, 4.69) is 17.4 Å². The molecule has 2 unspecified atom stereocenters. The summed E-state index contributed by atoms with van der Waals surface area (Å²) in [5.41, 5.74) is 0.927. The number of aromatic hydroxyl groups is 1. The molecule has 2 N–H and O–H groups in total. The number of thiol groups is 1. The van der Waals surface area contributed by atoms with Crippen molar-refractivity contribution >= 4 is 34.8 Å². The third-order valence-electron chi connectivity index (χ3n) is 2.87. The number of hydrogen-bond acceptors (Lipinski definition) is 5. The number of nitrogens with one attached hydrogen (secondary N) is 1. The molecule has 1 heterocycles. The fourth-order valence-electron chi connectivity index (χ4n) is 1.88. The van der Waals surface area contributed by atoms with Crippen LogP contribution in [-0.2, 0) is 15.0 Å². The van der Waals surface area contributed by atoms with E-state index in [-0.39, 0.29) is 23.2 Å². The Balaban J connectivity index is 2.40. The van der Waals surface area contributed by atoms with Gasteiger partial charge in [0.1, 0.15) is 12.0 Å². The Morgan fingerprint density at radius 2 is 2.26 bits per heavy atom. The second-order valence-electron chi connectivity index (χ2n) is 4.32. The summed E-state index contributed by atoms with van der Waals surface area (Å²) in [6.45, 7) is 1.81. The van der Waals surface area contributed by atoms with E-state index in [4.69, 9.17) is 0 Å². The Bertz CT molecular complexity index is 601. The van der Waals surface area contributed by atoms with E-state index in [0.29, 0.717) is 6.29 Å². The number of aldehydes is 1. The van der Waals surface area contributed by atoms with Crippen molar-refractivity contribution < 1.29 is 18.3 Å². The Morgan fingerprint density at radius 3 is 2.74 bits per heavy atom. The van der Waals surface area contributed by atoms with Gasteiger partial charge in [-0.15, -0.1) is 0 Å². The molecular formula is C11H14N2O4S2. The van der Waals surface area contributed by atoms with Crippen molar-refractivity contribution in [1.82, 2.24) is 4.72 Å². The van der Waals surface area contributed by atoms with Gasteiger partial charge in [0.05, 0.1) is 18.3 Å². The quantitative estimate of drug-likeness (QED) is 0.564. The van der Waals surface area contributed by atoms with Crippen molar-refractivity contribution in [3.63, 3.8) is 0 Å². The summed E-state index contributed by atoms with van der Waals surface area (Å²) in [5.74, 6) is -0.157. The van der Waals surface area contributed by atoms with Crippen LogP contribution in [0.2, 0.25) is 0 Å². The number of phenols is 1. The third kappa shape index (κ3) is 2.70. The first-order chi connectivity index (χ1) is 8.85. The van der Waals surface area contributed by atoms with Gasteiger partial charge in [0.15, 0.2) is 0 Å². The molecule has 0 amide bonds. The zero-order valence-electron chi connectivity index (χ0n) is 10.1. The molecule has 0 aliphatic carbocycles. The lowest BCUT2D eigenvalue weighted by atomic mass is 10.1. The van der Waals surface area contributed by atoms with Gasteiger partial charge >= 0.3 is 10.2 Å². The highest BCUT2D eigenvalue weighted by molar-refractivity contribution is 7.91. The van der Waals surface area contributed by atoms with Crippen LogP contribution in [0, 0.1) is 0 Å². The normalized spacial score (nSPS) is 23.3. The highest BCUT2D eigenvalue weighted by Gasteiger charge is 2.36. The predicted molar refractivity (Wildman–Crippen MR) is 74.8 cm³/mol. The van der Waals surface area contributed by atoms with E-state index in [1.807, 2.05) is 6.92 Å². The number of anilines is 1. The number of phenolic OH excluding ortho intramolecular Hbond substituents is 1. The first kappa shape index (κ1) is 14.2. The van der Waals surface area contributed by atoms with Crippen LogP contribution >= 0.6 is 12.6 Å². The molecule has 0 spiro atoms. The van der Waals surface area contributed by atoms with E-state index >= 15 is 0 Å². The Labute approximate surface area is 117 Å². The highest BCUT2D eigenvalue weighted by Crippen LogP contribution is 2.34. The molecule has 104 valence electrons. The molecule has 1 aliphatic heterocycles. The van der Waals surface area contributed by atoms with Gasteiger partial charge in [0.2, 0.25) is 0 Å². The van der Waals surface area contributed by atoms with Gasteiger partial charge in [-0.25, -0.2) is 0 Å². The van der Waals surface area contributed by atoms with Crippen LogP contribution in [0.4, 0.5) is 5.69 Å². The summed E-state index contributed by atoms with van der Waals surface area (Å²) in [4.78, 5) is 10.7. The van der Waals surface area contributed by atoms with Crippen molar-refractivity contribution in [2.75, 3.05) is 10.8 Å². The van der Waals surface area contributed by atoms with Gasteiger partial charge in [-0.05, 0) is 24.6 Å².